The number of rotatable bonds is 7. The topological polar surface area (TPSA) is 94.5 Å². The Morgan fingerprint density at radius 2 is 2.35 bits per heavy atom. The smallest absolute Gasteiger partial charge is 0.305 e. The van der Waals surface area contributed by atoms with Crippen LogP contribution in [0.1, 0.15) is 19.8 Å². The first-order valence-electron chi connectivity index (χ1n) is 6.94. The zero-order valence-corrected chi connectivity index (χ0v) is 11.9. The van der Waals surface area contributed by atoms with Crippen LogP contribution >= 0.6 is 0 Å². The summed E-state index contributed by atoms with van der Waals surface area (Å²) in [6, 6.07) is 1.92. The minimum Gasteiger partial charge on any atom is -0.466 e. The van der Waals surface area contributed by atoms with Crippen LogP contribution in [0.15, 0.2) is 0 Å². The molecule has 1 fully saturated rings. The van der Waals surface area contributed by atoms with E-state index in [1.54, 1.807) is 6.92 Å². The molecule has 112 valence electrons. The fourth-order valence-electron chi connectivity index (χ4n) is 2.00. The number of hydrogen-bond acceptors (Lipinski definition) is 6. The highest BCUT2D eigenvalue weighted by Gasteiger charge is 2.23. The van der Waals surface area contributed by atoms with Crippen LogP contribution in [0.5, 0.6) is 0 Å². The van der Waals surface area contributed by atoms with E-state index in [9.17, 15) is 9.59 Å². The van der Waals surface area contributed by atoms with Crippen molar-refractivity contribution in [3.8, 4) is 6.07 Å². The molecule has 0 aliphatic carbocycles. The van der Waals surface area contributed by atoms with E-state index in [1.807, 2.05) is 4.90 Å². The second kappa shape index (κ2) is 9.28. The normalized spacial score (nSPS) is 19.1. The zero-order valence-electron chi connectivity index (χ0n) is 11.9. The quantitative estimate of drug-likeness (QED) is 0.471. The third kappa shape index (κ3) is 5.99. The van der Waals surface area contributed by atoms with Gasteiger partial charge in [0.15, 0.2) is 0 Å². The van der Waals surface area contributed by atoms with Gasteiger partial charge in [0, 0.05) is 32.6 Å². The highest BCUT2D eigenvalue weighted by molar-refractivity contribution is 5.78. The van der Waals surface area contributed by atoms with Crippen LogP contribution in [0.4, 0.5) is 0 Å². The molecule has 0 spiro atoms. The Balaban J connectivity index is 2.16. The van der Waals surface area contributed by atoms with Crippen molar-refractivity contribution in [3.63, 3.8) is 0 Å². The van der Waals surface area contributed by atoms with Gasteiger partial charge < -0.3 is 15.4 Å². The maximum atomic E-state index is 11.7. The molecule has 20 heavy (non-hydrogen) atoms. The molecule has 0 bridgehead atoms. The van der Waals surface area contributed by atoms with Crippen molar-refractivity contribution < 1.29 is 14.3 Å². The number of carbonyl (C=O) groups is 2. The summed E-state index contributed by atoms with van der Waals surface area (Å²) in [5.41, 5.74) is 0. The summed E-state index contributed by atoms with van der Waals surface area (Å²) >= 11 is 0. The average Bonchev–Trinajstić information content (AvgIpc) is 2.44. The van der Waals surface area contributed by atoms with Crippen LogP contribution in [0.2, 0.25) is 0 Å². The lowest BCUT2D eigenvalue weighted by Gasteiger charge is -2.31. The second-order valence-corrected chi connectivity index (χ2v) is 4.58. The lowest BCUT2D eigenvalue weighted by Crippen LogP contribution is -2.53. The Hall–Kier alpha value is -1.65. The molecule has 0 radical (unpaired) electrons. The summed E-state index contributed by atoms with van der Waals surface area (Å²) < 4.78 is 4.80. The summed E-state index contributed by atoms with van der Waals surface area (Å²) in [7, 11) is 0. The average molecular weight is 282 g/mol. The van der Waals surface area contributed by atoms with Gasteiger partial charge in [-0.2, -0.15) is 5.26 Å². The van der Waals surface area contributed by atoms with E-state index in [2.05, 4.69) is 16.7 Å². The molecule has 1 amide bonds. The van der Waals surface area contributed by atoms with Gasteiger partial charge in [0.2, 0.25) is 5.91 Å². The third-order valence-electron chi connectivity index (χ3n) is 3.04. The largest absolute Gasteiger partial charge is 0.466 e. The van der Waals surface area contributed by atoms with Crippen LogP contribution in [-0.2, 0) is 14.3 Å². The number of nitrogens with one attached hydrogen (secondary N) is 2. The van der Waals surface area contributed by atoms with E-state index in [0.717, 1.165) is 6.54 Å². The van der Waals surface area contributed by atoms with E-state index >= 15 is 0 Å². The maximum Gasteiger partial charge on any atom is 0.305 e. The molecule has 1 aliphatic heterocycles. The molecule has 1 atom stereocenters. The first-order valence-corrected chi connectivity index (χ1v) is 6.94. The molecule has 0 saturated carbocycles. The molecule has 7 nitrogen and oxygen atoms in total. The Morgan fingerprint density at radius 3 is 3.05 bits per heavy atom. The van der Waals surface area contributed by atoms with Crippen LogP contribution in [0.3, 0.4) is 0 Å². The van der Waals surface area contributed by atoms with Gasteiger partial charge in [-0.1, -0.05) is 0 Å². The van der Waals surface area contributed by atoms with Gasteiger partial charge in [0.1, 0.15) is 6.04 Å². The van der Waals surface area contributed by atoms with Crippen LogP contribution in [0, 0.1) is 11.3 Å². The highest BCUT2D eigenvalue weighted by atomic mass is 16.5. The van der Waals surface area contributed by atoms with Crippen molar-refractivity contribution in [1.82, 2.24) is 15.5 Å². The number of ether oxygens (including phenoxy) is 1. The maximum absolute atomic E-state index is 11.7. The van der Waals surface area contributed by atoms with E-state index in [4.69, 9.17) is 10.00 Å². The number of nitrogens with zero attached hydrogens (tertiary/aromatic N) is 2. The number of hydrogen-bond donors (Lipinski definition) is 2. The number of esters is 1. The van der Waals surface area contributed by atoms with Gasteiger partial charge in [-0.25, -0.2) is 0 Å². The number of nitriles is 1. The number of piperazine rings is 1. The molecule has 2 N–H and O–H groups in total. The van der Waals surface area contributed by atoms with Crippen LogP contribution < -0.4 is 10.6 Å². The molecular weight excluding hydrogens is 260 g/mol. The van der Waals surface area contributed by atoms with Crippen LogP contribution in [0.25, 0.3) is 0 Å². The predicted octanol–water partition coefficient (Wildman–Crippen LogP) is -0.757. The molecule has 1 unspecified atom stereocenters. The number of carbonyl (C=O) groups excluding carboxylic acids is 2. The van der Waals surface area contributed by atoms with Gasteiger partial charge in [-0.05, 0) is 13.3 Å². The van der Waals surface area contributed by atoms with Crippen molar-refractivity contribution in [1.29, 1.82) is 5.26 Å². The highest BCUT2D eigenvalue weighted by Crippen LogP contribution is 2.01. The molecule has 1 aliphatic rings. The predicted molar refractivity (Wildman–Crippen MR) is 72.7 cm³/mol. The zero-order chi connectivity index (χ0) is 14.8. The lowest BCUT2D eigenvalue weighted by atomic mass is 10.2. The SMILES string of the molecule is CCOC(=O)CCCNC(=O)CN1CCNCC1C#N. The molecule has 0 aromatic carbocycles. The Kier molecular flexibility index (Phi) is 7.62. The summed E-state index contributed by atoms with van der Waals surface area (Å²) in [6.07, 6.45) is 0.871. The second-order valence-electron chi connectivity index (χ2n) is 4.58. The molecule has 7 heteroatoms. The van der Waals surface area contributed by atoms with Gasteiger partial charge in [-0.3, -0.25) is 14.5 Å². The van der Waals surface area contributed by atoms with E-state index in [1.165, 1.54) is 0 Å². The Morgan fingerprint density at radius 1 is 1.55 bits per heavy atom. The van der Waals surface area contributed by atoms with Gasteiger partial charge in [0.05, 0.1) is 19.2 Å². The summed E-state index contributed by atoms with van der Waals surface area (Å²) in [5.74, 6) is -0.357. The van der Waals surface area contributed by atoms with Crippen molar-refractivity contribution >= 4 is 11.9 Å². The molecule has 1 rings (SSSR count). The minimum atomic E-state index is -0.256. The first-order chi connectivity index (χ1) is 9.67. The van der Waals surface area contributed by atoms with Crippen LogP contribution in [-0.4, -0.2) is 62.1 Å². The number of amides is 1. The van der Waals surface area contributed by atoms with E-state index in [-0.39, 0.29) is 24.5 Å². The summed E-state index contributed by atoms with van der Waals surface area (Å²) in [5, 5.41) is 14.9. The van der Waals surface area contributed by atoms with Crippen molar-refractivity contribution in [2.75, 3.05) is 39.3 Å². The minimum absolute atomic E-state index is 0.115. The summed E-state index contributed by atoms with van der Waals surface area (Å²) in [4.78, 5) is 24.7. The third-order valence-corrected chi connectivity index (χ3v) is 3.04. The molecule has 0 aromatic rings. The van der Waals surface area contributed by atoms with Crippen molar-refractivity contribution in [2.24, 2.45) is 0 Å². The van der Waals surface area contributed by atoms with E-state index in [0.29, 0.717) is 39.1 Å². The Bertz CT molecular complexity index is 367. The van der Waals surface area contributed by atoms with E-state index < -0.39 is 0 Å². The molecular formula is C13H22N4O3. The van der Waals surface area contributed by atoms with Gasteiger partial charge in [0.25, 0.3) is 0 Å². The monoisotopic (exact) mass is 282 g/mol. The molecule has 0 aromatic heterocycles. The van der Waals surface area contributed by atoms with Crippen molar-refractivity contribution in [2.45, 2.75) is 25.8 Å². The fraction of sp³-hybridized carbons (Fsp3) is 0.769. The van der Waals surface area contributed by atoms with Gasteiger partial charge in [-0.15, -0.1) is 0 Å². The van der Waals surface area contributed by atoms with Gasteiger partial charge >= 0.3 is 5.97 Å². The molecule has 1 saturated heterocycles. The van der Waals surface area contributed by atoms with Crippen molar-refractivity contribution in [3.05, 3.63) is 0 Å². The fourth-order valence-corrected chi connectivity index (χ4v) is 2.00. The summed E-state index contributed by atoms with van der Waals surface area (Å²) in [6.45, 7) is 4.87. The Labute approximate surface area is 119 Å². The first kappa shape index (κ1) is 16.4. The molecule has 1 heterocycles. The lowest BCUT2D eigenvalue weighted by molar-refractivity contribution is -0.143. The standard InChI is InChI=1S/C13H22N4O3/c1-2-20-13(19)4-3-5-16-12(18)10-17-7-6-15-9-11(17)8-14/h11,15H,2-7,9-10H2,1H3,(H,16,18).